The molecule has 2 heterocycles. The van der Waals surface area contributed by atoms with E-state index in [4.69, 9.17) is 5.11 Å². The van der Waals surface area contributed by atoms with E-state index in [1.165, 1.54) is 18.6 Å². The number of imidazole rings is 1. The fourth-order valence-corrected chi connectivity index (χ4v) is 4.09. The number of carboxylic acid groups (broad SMARTS) is 1. The number of aryl methyl sites for hydroxylation is 1. The number of nitrogens with one attached hydrogen (secondary N) is 2. The highest BCUT2D eigenvalue weighted by Crippen LogP contribution is 2.20. The molecule has 3 N–H and O–H groups in total. The number of aromatic nitrogens is 2. The number of thiophene rings is 1. The summed E-state index contributed by atoms with van der Waals surface area (Å²) in [6.07, 6.45) is 2.86. The molecule has 1 atom stereocenters. The van der Waals surface area contributed by atoms with Gasteiger partial charge < -0.3 is 10.1 Å². The predicted octanol–water partition coefficient (Wildman–Crippen LogP) is 0.754. The summed E-state index contributed by atoms with van der Waals surface area (Å²) in [4.78, 5) is 18.5. The van der Waals surface area contributed by atoms with E-state index < -0.39 is 22.0 Å². The third kappa shape index (κ3) is 3.44. The molecule has 0 fully saturated rings. The van der Waals surface area contributed by atoms with Crippen LogP contribution in [-0.4, -0.2) is 35.5 Å². The zero-order valence-corrected chi connectivity index (χ0v) is 12.2. The molecule has 108 valence electrons. The van der Waals surface area contributed by atoms with Gasteiger partial charge in [-0.3, -0.25) is 4.79 Å². The number of rotatable bonds is 6. The summed E-state index contributed by atoms with van der Waals surface area (Å²) in [5, 5.41) is 9.13. The number of aromatic amines is 1. The molecule has 0 spiro atoms. The van der Waals surface area contributed by atoms with Crippen LogP contribution in [0.1, 0.15) is 10.6 Å². The summed E-state index contributed by atoms with van der Waals surface area (Å²) in [6.45, 7) is 1.78. The molecule has 0 aliphatic rings. The Balaban J connectivity index is 2.17. The molecule has 0 aliphatic carbocycles. The quantitative estimate of drug-likeness (QED) is 0.728. The van der Waals surface area contributed by atoms with Gasteiger partial charge in [0.1, 0.15) is 10.3 Å². The first-order valence-electron chi connectivity index (χ1n) is 5.67. The minimum absolute atomic E-state index is 0.00107. The van der Waals surface area contributed by atoms with Crippen molar-refractivity contribution in [3.63, 3.8) is 0 Å². The number of carbonyl (C=O) groups is 1. The molecule has 0 bridgehead atoms. The Hall–Kier alpha value is -1.71. The van der Waals surface area contributed by atoms with E-state index in [9.17, 15) is 13.2 Å². The van der Waals surface area contributed by atoms with Crippen LogP contribution in [0.15, 0.2) is 28.9 Å². The summed E-state index contributed by atoms with van der Waals surface area (Å²) < 4.78 is 26.5. The van der Waals surface area contributed by atoms with Crippen LogP contribution in [0.5, 0.6) is 0 Å². The lowest BCUT2D eigenvalue weighted by Crippen LogP contribution is -2.42. The van der Waals surface area contributed by atoms with Crippen LogP contribution in [0, 0.1) is 6.92 Å². The van der Waals surface area contributed by atoms with Crippen molar-refractivity contribution in [3.05, 3.63) is 35.2 Å². The Morgan fingerprint density at radius 3 is 2.80 bits per heavy atom. The molecule has 2 rings (SSSR count). The fourth-order valence-electron chi connectivity index (χ4n) is 1.60. The molecule has 0 saturated heterocycles. The van der Waals surface area contributed by atoms with Gasteiger partial charge in [-0.1, -0.05) is 0 Å². The monoisotopic (exact) mass is 315 g/mol. The predicted molar refractivity (Wildman–Crippen MR) is 73.1 cm³/mol. The van der Waals surface area contributed by atoms with Crippen LogP contribution in [0.4, 0.5) is 0 Å². The van der Waals surface area contributed by atoms with Crippen LogP contribution < -0.4 is 4.72 Å². The molecule has 0 radical (unpaired) electrons. The van der Waals surface area contributed by atoms with E-state index >= 15 is 0 Å². The van der Waals surface area contributed by atoms with E-state index in [1.807, 2.05) is 0 Å². The Kier molecular flexibility index (Phi) is 4.21. The van der Waals surface area contributed by atoms with Gasteiger partial charge in [-0.05, 0) is 19.1 Å². The first-order chi connectivity index (χ1) is 9.38. The molecule has 7 nitrogen and oxygen atoms in total. The summed E-state index contributed by atoms with van der Waals surface area (Å²) in [5.74, 6) is -1.24. The topological polar surface area (TPSA) is 112 Å². The first-order valence-corrected chi connectivity index (χ1v) is 7.97. The van der Waals surface area contributed by atoms with Gasteiger partial charge >= 0.3 is 5.97 Å². The van der Waals surface area contributed by atoms with Crippen molar-refractivity contribution in [2.75, 3.05) is 0 Å². The number of sulfonamides is 1. The molecule has 9 heteroatoms. The third-order valence-electron chi connectivity index (χ3n) is 2.55. The van der Waals surface area contributed by atoms with Gasteiger partial charge in [-0.25, -0.2) is 13.4 Å². The Morgan fingerprint density at radius 2 is 2.30 bits per heavy atom. The van der Waals surface area contributed by atoms with Crippen molar-refractivity contribution in [2.24, 2.45) is 0 Å². The van der Waals surface area contributed by atoms with E-state index in [2.05, 4.69) is 14.7 Å². The maximum Gasteiger partial charge on any atom is 0.322 e. The number of carboxylic acids is 1. The highest BCUT2D eigenvalue weighted by Gasteiger charge is 2.26. The lowest BCUT2D eigenvalue weighted by molar-refractivity contribution is -0.138. The summed E-state index contributed by atoms with van der Waals surface area (Å²) in [6, 6.07) is 1.88. The Morgan fingerprint density at radius 1 is 1.55 bits per heavy atom. The lowest BCUT2D eigenvalue weighted by atomic mass is 10.2. The zero-order valence-electron chi connectivity index (χ0n) is 10.5. The van der Waals surface area contributed by atoms with Crippen molar-refractivity contribution in [3.8, 4) is 0 Å². The second-order valence-electron chi connectivity index (χ2n) is 4.16. The van der Waals surface area contributed by atoms with Gasteiger partial charge in [0, 0.05) is 23.2 Å². The van der Waals surface area contributed by atoms with Gasteiger partial charge in [0.15, 0.2) is 0 Å². The van der Waals surface area contributed by atoms with E-state index in [1.54, 1.807) is 13.0 Å². The molecule has 0 saturated carbocycles. The van der Waals surface area contributed by atoms with Gasteiger partial charge in [0.25, 0.3) is 10.0 Å². The van der Waals surface area contributed by atoms with Gasteiger partial charge in [-0.2, -0.15) is 4.72 Å². The molecule has 0 amide bonds. The molecular weight excluding hydrogens is 302 g/mol. The summed E-state index contributed by atoms with van der Waals surface area (Å²) in [5.41, 5.74) is 0.544. The minimum Gasteiger partial charge on any atom is -0.480 e. The molecule has 20 heavy (non-hydrogen) atoms. The molecular formula is C11H13N3O4S2. The fraction of sp³-hybridized carbons (Fsp3) is 0.273. The maximum absolute atomic E-state index is 12.1. The van der Waals surface area contributed by atoms with Gasteiger partial charge in [0.05, 0.1) is 6.33 Å². The van der Waals surface area contributed by atoms with Crippen molar-refractivity contribution < 1.29 is 18.3 Å². The van der Waals surface area contributed by atoms with Crippen LogP contribution >= 0.6 is 11.3 Å². The number of H-pyrrole nitrogens is 1. The molecule has 0 aliphatic heterocycles. The largest absolute Gasteiger partial charge is 0.480 e. The number of hydrogen-bond donors (Lipinski definition) is 3. The Labute approximate surface area is 119 Å². The smallest absolute Gasteiger partial charge is 0.322 e. The second kappa shape index (κ2) is 5.73. The first kappa shape index (κ1) is 14.7. The van der Waals surface area contributed by atoms with Crippen molar-refractivity contribution in [1.82, 2.24) is 14.7 Å². The summed E-state index contributed by atoms with van der Waals surface area (Å²) >= 11 is 1.09. The zero-order chi connectivity index (χ0) is 14.8. The van der Waals surface area contributed by atoms with Crippen LogP contribution in [0.25, 0.3) is 0 Å². The molecule has 2 aromatic heterocycles. The van der Waals surface area contributed by atoms with Crippen molar-refractivity contribution in [2.45, 2.75) is 23.6 Å². The lowest BCUT2D eigenvalue weighted by Gasteiger charge is -2.13. The standard InChI is InChI=1S/C11H13N3O4S2/c1-7-2-3-10(19-7)20(17,18)14-9(11(15)16)4-8-5-12-6-13-8/h2-3,5-6,9,14H,4H2,1H3,(H,12,13)(H,15,16)/t9-/m1/s1. The average Bonchev–Trinajstić information content (AvgIpc) is 2.99. The number of aliphatic carboxylic acids is 1. The van der Waals surface area contributed by atoms with Crippen LogP contribution in [0.3, 0.4) is 0 Å². The van der Waals surface area contributed by atoms with E-state index in [0.717, 1.165) is 16.2 Å². The maximum atomic E-state index is 12.1. The Bertz CT molecular complexity index is 691. The van der Waals surface area contributed by atoms with E-state index in [0.29, 0.717) is 5.69 Å². The highest BCUT2D eigenvalue weighted by atomic mass is 32.2. The highest BCUT2D eigenvalue weighted by molar-refractivity contribution is 7.91. The van der Waals surface area contributed by atoms with Crippen molar-refractivity contribution in [1.29, 1.82) is 0 Å². The molecule has 0 aromatic carbocycles. The number of hydrogen-bond acceptors (Lipinski definition) is 5. The second-order valence-corrected chi connectivity index (χ2v) is 7.39. The molecule has 0 unspecified atom stereocenters. The third-order valence-corrected chi connectivity index (χ3v) is 5.52. The SMILES string of the molecule is Cc1ccc(S(=O)(=O)N[C@H](Cc2cnc[nH]2)C(=O)O)s1. The minimum atomic E-state index is -3.83. The normalized spacial score (nSPS) is 13.2. The van der Waals surface area contributed by atoms with Gasteiger partial charge in [-0.15, -0.1) is 11.3 Å². The summed E-state index contributed by atoms with van der Waals surface area (Å²) in [7, 11) is -3.83. The van der Waals surface area contributed by atoms with Crippen molar-refractivity contribution >= 4 is 27.3 Å². The van der Waals surface area contributed by atoms with Gasteiger partial charge in [0.2, 0.25) is 0 Å². The number of nitrogens with zero attached hydrogens (tertiary/aromatic N) is 1. The van der Waals surface area contributed by atoms with Crippen LogP contribution in [0.2, 0.25) is 0 Å². The average molecular weight is 315 g/mol. The van der Waals surface area contributed by atoms with E-state index in [-0.39, 0.29) is 10.6 Å². The molecule has 2 aromatic rings. The van der Waals surface area contributed by atoms with Crippen LogP contribution in [-0.2, 0) is 21.2 Å².